The zero-order chi connectivity index (χ0) is 22.6. The molecule has 1 fully saturated rings. The summed E-state index contributed by atoms with van der Waals surface area (Å²) in [5, 5.41) is 14.8. The van der Waals surface area contributed by atoms with Crippen LogP contribution in [0, 0.1) is 5.82 Å². The third kappa shape index (κ3) is 4.74. The van der Waals surface area contributed by atoms with E-state index in [9.17, 15) is 4.39 Å². The lowest BCUT2D eigenvalue weighted by Gasteiger charge is -2.40. The number of anilines is 1. The van der Waals surface area contributed by atoms with Gasteiger partial charge in [0.15, 0.2) is 5.82 Å². The molecule has 0 bridgehead atoms. The lowest BCUT2D eigenvalue weighted by Crippen LogP contribution is -2.48. The van der Waals surface area contributed by atoms with E-state index in [-0.39, 0.29) is 11.9 Å². The van der Waals surface area contributed by atoms with Crippen molar-refractivity contribution in [2.24, 2.45) is 0 Å². The number of nitrogens with zero attached hydrogens (tertiary/aromatic N) is 6. The first-order valence-corrected chi connectivity index (χ1v) is 11.8. The summed E-state index contributed by atoms with van der Waals surface area (Å²) in [6.07, 6.45) is 0. The van der Waals surface area contributed by atoms with Crippen LogP contribution in [0.1, 0.15) is 22.3 Å². The number of methoxy groups -OCH3 is 1. The smallest absolute Gasteiger partial charge is 0.173 e. The number of piperazine rings is 1. The van der Waals surface area contributed by atoms with Gasteiger partial charge in [0.05, 0.1) is 19.7 Å². The van der Waals surface area contributed by atoms with Gasteiger partial charge in [-0.05, 0) is 63.8 Å². The SMILES string of the molecule is COc1ccc(C(c2nnnn2Cc2cccs2)N2CCN(c3ccc(F)cc3)CC2)cc1. The highest BCUT2D eigenvalue weighted by atomic mass is 32.1. The minimum absolute atomic E-state index is 0.0822. The molecule has 3 heterocycles. The van der Waals surface area contributed by atoms with Crippen LogP contribution in [-0.2, 0) is 6.54 Å². The van der Waals surface area contributed by atoms with Gasteiger partial charge in [-0.25, -0.2) is 9.07 Å². The maximum absolute atomic E-state index is 13.3. The Hall–Kier alpha value is -3.30. The standard InChI is InChI=1S/C24H25FN6OS/c1-32-21-10-4-18(5-11-21)23(24-26-27-28-31(24)17-22-3-2-16-33-22)30-14-12-29(13-15-30)20-8-6-19(25)7-9-20/h2-11,16,23H,12-15,17H2,1H3. The van der Waals surface area contributed by atoms with Crippen molar-refractivity contribution in [1.82, 2.24) is 25.1 Å². The van der Waals surface area contributed by atoms with E-state index in [1.54, 1.807) is 18.4 Å². The minimum Gasteiger partial charge on any atom is -0.497 e. The maximum Gasteiger partial charge on any atom is 0.173 e. The van der Waals surface area contributed by atoms with Gasteiger partial charge in [-0.3, -0.25) is 4.90 Å². The summed E-state index contributed by atoms with van der Waals surface area (Å²) in [4.78, 5) is 5.91. The van der Waals surface area contributed by atoms with Crippen LogP contribution in [0.4, 0.5) is 10.1 Å². The van der Waals surface area contributed by atoms with E-state index in [2.05, 4.69) is 48.9 Å². The molecular weight excluding hydrogens is 439 g/mol. The number of hydrogen-bond donors (Lipinski definition) is 0. The van der Waals surface area contributed by atoms with E-state index in [1.165, 1.54) is 17.0 Å². The van der Waals surface area contributed by atoms with E-state index in [0.717, 1.165) is 49.0 Å². The highest BCUT2D eigenvalue weighted by Crippen LogP contribution is 2.31. The number of hydrogen-bond acceptors (Lipinski definition) is 7. The normalized spacial score (nSPS) is 15.5. The summed E-state index contributed by atoms with van der Waals surface area (Å²) in [5.41, 5.74) is 2.16. The fourth-order valence-electron chi connectivity index (χ4n) is 4.27. The number of aromatic nitrogens is 4. The zero-order valence-corrected chi connectivity index (χ0v) is 19.2. The fourth-order valence-corrected chi connectivity index (χ4v) is 4.96. The van der Waals surface area contributed by atoms with Gasteiger partial charge in [-0.15, -0.1) is 16.4 Å². The maximum atomic E-state index is 13.3. The second-order valence-electron chi connectivity index (χ2n) is 7.95. The average molecular weight is 465 g/mol. The van der Waals surface area contributed by atoms with Gasteiger partial charge < -0.3 is 9.64 Å². The quantitative estimate of drug-likeness (QED) is 0.414. The minimum atomic E-state index is -0.213. The highest BCUT2D eigenvalue weighted by molar-refractivity contribution is 7.09. The fraction of sp³-hybridized carbons (Fsp3) is 0.292. The monoisotopic (exact) mass is 464 g/mol. The summed E-state index contributed by atoms with van der Waals surface area (Å²) in [5.74, 6) is 1.43. The Labute approximate surface area is 196 Å². The first-order valence-electron chi connectivity index (χ1n) is 10.9. The van der Waals surface area contributed by atoms with Crippen LogP contribution >= 0.6 is 11.3 Å². The van der Waals surface area contributed by atoms with Gasteiger partial charge in [0.1, 0.15) is 11.6 Å². The number of ether oxygens (including phenoxy) is 1. The van der Waals surface area contributed by atoms with Gasteiger partial charge >= 0.3 is 0 Å². The van der Waals surface area contributed by atoms with Crippen LogP contribution in [0.2, 0.25) is 0 Å². The Morgan fingerprint density at radius 1 is 1.00 bits per heavy atom. The Morgan fingerprint density at radius 2 is 1.76 bits per heavy atom. The lowest BCUT2D eigenvalue weighted by atomic mass is 10.0. The van der Waals surface area contributed by atoms with Crippen molar-refractivity contribution in [3.63, 3.8) is 0 Å². The molecular formula is C24H25FN6OS. The van der Waals surface area contributed by atoms with Crippen molar-refractivity contribution in [3.05, 3.63) is 88.1 Å². The molecule has 9 heteroatoms. The Kier molecular flexibility index (Phi) is 6.32. The predicted molar refractivity (Wildman–Crippen MR) is 126 cm³/mol. The van der Waals surface area contributed by atoms with E-state index in [1.807, 2.05) is 35.0 Å². The van der Waals surface area contributed by atoms with Crippen LogP contribution in [0.5, 0.6) is 5.75 Å². The lowest BCUT2D eigenvalue weighted by molar-refractivity contribution is 0.201. The molecule has 5 rings (SSSR count). The van der Waals surface area contributed by atoms with Crippen molar-refractivity contribution in [2.75, 3.05) is 38.2 Å². The molecule has 0 aliphatic carbocycles. The third-order valence-corrected chi connectivity index (χ3v) is 6.85. The number of thiophene rings is 1. The topological polar surface area (TPSA) is 59.3 Å². The summed E-state index contributed by atoms with van der Waals surface area (Å²) >= 11 is 1.70. The first-order chi connectivity index (χ1) is 16.2. The Bertz CT molecular complexity index is 1150. The van der Waals surface area contributed by atoms with Crippen molar-refractivity contribution in [2.45, 2.75) is 12.6 Å². The Balaban J connectivity index is 1.41. The van der Waals surface area contributed by atoms with Crippen LogP contribution in [0.25, 0.3) is 0 Å². The second-order valence-corrected chi connectivity index (χ2v) is 8.98. The van der Waals surface area contributed by atoms with Crippen molar-refractivity contribution in [3.8, 4) is 5.75 Å². The number of benzene rings is 2. The molecule has 0 spiro atoms. The Morgan fingerprint density at radius 3 is 2.42 bits per heavy atom. The number of halogens is 1. The van der Waals surface area contributed by atoms with Crippen molar-refractivity contribution in [1.29, 1.82) is 0 Å². The molecule has 4 aromatic rings. The van der Waals surface area contributed by atoms with E-state index < -0.39 is 0 Å². The van der Waals surface area contributed by atoms with Crippen LogP contribution in [0.15, 0.2) is 66.0 Å². The van der Waals surface area contributed by atoms with Gasteiger partial charge in [-0.1, -0.05) is 18.2 Å². The summed E-state index contributed by atoms with van der Waals surface area (Å²) in [7, 11) is 1.67. The number of tetrazole rings is 1. The molecule has 0 amide bonds. The van der Waals surface area contributed by atoms with E-state index >= 15 is 0 Å². The summed E-state index contributed by atoms with van der Waals surface area (Å²) in [6, 6.07) is 18.9. The molecule has 33 heavy (non-hydrogen) atoms. The van der Waals surface area contributed by atoms with Crippen molar-refractivity contribution < 1.29 is 9.13 Å². The molecule has 1 aliphatic rings. The van der Waals surface area contributed by atoms with Crippen molar-refractivity contribution >= 4 is 17.0 Å². The number of rotatable bonds is 7. The van der Waals surface area contributed by atoms with Crippen LogP contribution in [0.3, 0.4) is 0 Å². The van der Waals surface area contributed by atoms with Crippen LogP contribution < -0.4 is 9.64 Å². The summed E-state index contributed by atoms with van der Waals surface area (Å²) < 4.78 is 20.6. The molecule has 1 atom stereocenters. The van der Waals surface area contributed by atoms with Crippen LogP contribution in [-0.4, -0.2) is 58.4 Å². The summed E-state index contributed by atoms with van der Waals surface area (Å²) in [6.45, 7) is 3.98. The molecule has 1 unspecified atom stereocenters. The molecule has 170 valence electrons. The molecule has 2 aromatic heterocycles. The largest absolute Gasteiger partial charge is 0.497 e. The van der Waals surface area contributed by atoms with Gasteiger partial charge in [-0.2, -0.15) is 0 Å². The third-order valence-electron chi connectivity index (χ3n) is 5.99. The zero-order valence-electron chi connectivity index (χ0n) is 18.3. The molecule has 0 N–H and O–H groups in total. The molecule has 0 radical (unpaired) electrons. The van der Waals surface area contributed by atoms with E-state index in [0.29, 0.717) is 6.54 Å². The molecule has 1 saturated heterocycles. The van der Waals surface area contributed by atoms with E-state index in [4.69, 9.17) is 4.74 Å². The predicted octanol–water partition coefficient (Wildman–Crippen LogP) is 3.84. The molecule has 2 aromatic carbocycles. The average Bonchev–Trinajstić information content (AvgIpc) is 3.54. The molecule has 7 nitrogen and oxygen atoms in total. The van der Waals surface area contributed by atoms with Gasteiger partial charge in [0, 0.05) is 36.7 Å². The molecule has 1 aliphatic heterocycles. The highest BCUT2D eigenvalue weighted by Gasteiger charge is 2.31. The molecule has 0 saturated carbocycles. The first kappa shape index (κ1) is 21.5. The van der Waals surface area contributed by atoms with Gasteiger partial charge in [0.2, 0.25) is 0 Å². The second kappa shape index (κ2) is 9.68. The van der Waals surface area contributed by atoms with Gasteiger partial charge in [0.25, 0.3) is 0 Å².